The summed E-state index contributed by atoms with van der Waals surface area (Å²) in [5.74, 6) is -0.225. The number of hydrogen-bond acceptors (Lipinski definition) is 8. The molecular weight excluding hydrogens is 389 g/mol. The molecule has 0 radical (unpaired) electrons. The van der Waals surface area contributed by atoms with Gasteiger partial charge in [0.1, 0.15) is 23.8 Å². The topological polar surface area (TPSA) is 172 Å². The van der Waals surface area contributed by atoms with Gasteiger partial charge in [0.2, 0.25) is 5.95 Å². The zero-order chi connectivity index (χ0) is 21.5. The number of primary amides is 1. The fraction of sp³-hybridized carbons (Fsp3) is 0.316. The molecule has 10 nitrogen and oxygen atoms in total. The average Bonchev–Trinajstić information content (AvgIpc) is 2.72. The number of halogens is 1. The minimum Gasteiger partial charge on any atom is -0.365 e. The molecule has 1 saturated carbocycles. The van der Waals surface area contributed by atoms with E-state index in [9.17, 15) is 9.18 Å². The van der Waals surface area contributed by atoms with Crippen LogP contribution in [0.15, 0.2) is 35.6 Å². The molecule has 1 aliphatic rings. The smallest absolute Gasteiger partial charge is 0.254 e. The monoisotopic (exact) mass is 414 g/mol. The van der Waals surface area contributed by atoms with Crippen molar-refractivity contribution in [3.8, 4) is 0 Å². The zero-order valence-electron chi connectivity index (χ0n) is 16.3. The van der Waals surface area contributed by atoms with E-state index in [2.05, 4.69) is 25.7 Å². The summed E-state index contributed by atoms with van der Waals surface area (Å²) in [6.45, 7) is 0. The van der Waals surface area contributed by atoms with Gasteiger partial charge in [0.15, 0.2) is 5.69 Å². The largest absolute Gasteiger partial charge is 0.365 e. The van der Waals surface area contributed by atoms with Crippen molar-refractivity contribution >= 4 is 41.5 Å². The average molecular weight is 414 g/mol. The van der Waals surface area contributed by atoms with Crippen LogP contribution in [0.2, 0.25) is 0 Å². The highest BCUT2D eigenvalue weighted by Gasteiger charge is 2.31. The molecule has 0 unspecified atom stereocenters. The third-order valence-electron chi connectivity index (χ3n) is 4.78. The Bertz CT molecular complexity index is 936. The molecule has 0 bridgehead atoms. The number of benzene rings is 1. The normalized spacial score (nSPS) is 21.3. The second-order valence-corrected chi connectivity index (χ2v) is 6.94. The van der Waals surface area contributed by atoms with Crippen LogP contribution < -0.4 is 27.5 Å². The van der Waals surface area contributed by atoms with Crippen LogP contribution >= 0.6 is 0 Å². The number of nitrogens with two attached hydrogens (primary N) is 3. The second-order valence-electron chi connectivity index (χ2n) is 6.94. The lowest BCUT2D eigenvalue weighted by Crippen LogP contribution is -2.71. The SMILES string of the molecule is N=C/C=N\[NH2+]c1cccc(Nc2nc(N[C@@H]3CCC[C@H](F)[C@@H]3N)ncc2C(N)=O)c1. The van der Waals surface area contributed by atoms with Gasteiger partial charge in [-0.2, -0.15) is 10.4 Å². The fourth-order valence-electron chi connectivity index (χ4n) is 3.24. The maximum Gasteiger partial charge on any atom is 0.254 e. The number of carbonyl (C=O) groups excluding carboxylic acids is 1. The van der Waals surface area contributed by atoms with Crippen molar-refractivity contribution < 1.29 is 14.6 Å². The highest BCUT2D eigenvalue weighted by molar-refractivity contribution is 6.14. The molecular formula is C19H25FN9O+. The lowest BCUT2D eigenvalue weighted by atomic mass is 9.89. The predicted octanol–water partition coefficient (Wildman–Crippen LogP) is 0.779. The number of nitrogens with one attached hydrogen (secondary N) is 3. The van der Waals surface area contributed by atoms with Gasteiger partial charge in [-0.25, -0.2) is 9.37 Å². The van der Waals surface area contributed by atoms with Gasteiger partial charge >= 0.3 is 0 Å². The van der Waals surface area contributed by atoms with E-state index in [0.717, 1.165) is 18.3 Å². The standard InChI is InChI=1S/C19H24FN9O/c20-14-5-2-6-15(16(14)22)27-19-24-10-13(17(23)30)18(28-19)26-11-3-1-4-12(9-11)29-25-8-7-21/h1,3-4,7-10,14-16,21,29H,2,5-6,22H2,(H2,23,30)(H2,24,26,27,28)/p+1/b21-7?,25-8-/t14-,15+,16-/m0/s1. The lowest BCUT2D eigenvalue weighted by Gasteiger charge is -2.32. The van der Waals surface area contributed by atoms with Crippen LogP contribution in [0.3, 0.4) is 0 Å². The molecule has 30 heavy (non-hydrogen) atoms. The maximum absolute atomic E-state index is 13.9. The third kappa shape index (κ3) is 5.33. The van der Waals surface area contributed by atoms with Crippen molar-refractivity contribution in [3.63, 3.8) is 0 Å². The van der Waals surface area contributed by atoms with E-state index in [0.29, 0.717) is 18.5 Å². The molecule has 3 rings (SSSR count). The van der Waals surface area contributed by atoms with Crippen LogP contribution in [0.4, 0.5) is 27.5 Å². The molecule has 1 aromatic carbocycles. The maximum atomic E-state index is 13.9. The van der Waals surface area contributed by atoms with E-state index in [4.69, 9.17) is 16.9 Å². The van der Waals surface area contributed by atoms with Crippen LogP contribution in [-0.4, -0.2) is 46.6 Å². The summed E-state index contributed by atoms with van der Waals surface area (Å²) in [6.07, 6.45) is 4.56. The van der Waals surface area contributed by atoms with Crippen molar-refractivity contribution in [2.45, 2.75) is 37.5 Å². The minimum atomic E-state index is -1.08. The number of carbonyl (C=O) groups is 1. The number of aromatic nitrogens is 2. The highest BCUT2D eigenvalue weighted by Crippen LogP contribution is 2.25. The molecule has 3 atom stereocenters. The number of quaternary nitrogens is 1. The first-order valence-electron chi connectivity index (χ1n) is 9.53. The summed E-state index contributed by atoms with van der Waals surface area (Å²) >= 11 is 0. The van der Waals surface area contributed by atoms with E-state index in [-0.39, 0.29) is 23.4 Å². The van der Waals surface area contributed by atoms with Gasteiger partial charge in [0.05, 0.1) is 6.04 Å². The number of hydrogen-bond donors (Lipinski definition) is 6. The second kappa shape index (κ2) is 9.85. The fourth-order valence-corrected chi connectivity index (χ4v) is 3.24. The van der Waals surface area contributed by atoms with Crippen LogP contribution in [-0.2, 0) is 0 Å². The van der Waals surface area contributed by atoms with Gasteiger partial charge in [-0.1, -0.05) is 11.2 Å². The summed E-state index contributed by atoms with van der Waals surface area (Å²) in [5.41, 5.74) is 14.6. The van der Waals surface area contributed by atoms with Gasteiger partial charge < -0.3 is 27.5 Å². The number of alkyl halides is 1. The number of amides is 1. The predicted molar refractivity (Wildman–Crippen MR) is 113 cm³/mol. The first kappa shape index (κ1) is 21.3. The number of rotatable bonds is 8. The molecule has 1 amide bonds. The summed E-state index contributed by atoms with van der Waals surface area (Å²) in [7, 11) is 0. The molecule has 0 spiro atoms. The van der Waals surface area contributed by atoms with Crippen LogP contribution in [0.25, 0.3) is 0 Å². The Morgan fingerprint density at radius 3 is 3.00 bits per heavy atom. The molecule has 11 heteroatoms. The van der Waals surface area contributed by atoms with Crippen molar-refractivity contribution in [2.24, 2.45) is 16.6 Å². The van der Waals surface area contributed by atoms with Crippen LogP contribution in [0.5, 0.6) is 0 Å². The molecule has 1 heterocycles. The first-order chi connectivity index (χ1) is 14.5. The molecule has 0 aliphatic heterocycles. The van der Waals surface area contributed by atoms with E-state index < -0.39 is 18.1 Å². The van der Waals surface area contributed by atoms with Gasteiger partial charge in [0.25, 0.3) is 5.91 Å². The van der Waals surface area contributed by atoms with E-state index in [1.54, 1.807) is 23.6 Å². The van der Waals surface area contributed by atoms with E-state index >= 15 is 0 Å². The van der Waals surface area contributed by atoms with Gasteiger partial charge in [-0.05, 0) is 25.3 Å². The lowest BCUT2D eigenvalue weighted by molar-refractivity contribution is -0.576. The molecule has 2 aromatic rings. The van der Waals surface area contributed by atoms with Gasteiger partial charge in [-0.15, -0.1) is 0 Å². The zero-order valence-corrected chi connectivity index (χ0v) is 16.3. The number of nitrogens with zero attached hydrogens (tertiary/aromatic N) is 3. The third-order valence-corrected chi connectivity index (χ3v) is 4.78. The minimum absolute atomic E-state index is 0.119. The molecule has 0 saturated heterocycles. The van der Waals surface area contributed by atoms with Crippen molar-refractivity contribution in [1.82, 2.24) is 9.97 Å². The number of anilines is 3. The van der Waals surface area contributed by atoms with Crippen LogP contribution in [0, 0.1) is 5.41 Å². The van der Waals surface area contributed by atoms with E-state index in [1.807, 2.05) is 6.07 Å². The Labute approximate surface area is 172 Å². The Kier molecular flexibility index (Phi) is 6.99. The summed E-state index contributed by atoms with van der Waals surface area (Å²) in [6, 6.07) is 6.29. The van der Waals surface area contributed by atoms with Crippen molar-refractivity contribution in [1.29, 1.82) is 5.41 Å². The first-order valence-corrected chi connectivity index (χ1v) is 9.53. The molecule has 1 fully saturated rings. The molecule has 9 N–H and O–H groups in total. The van der Waals surface area contributed by atoms with Gasteiger partial charge in [0, 0.05) is 36.3 Å². The van der Waals surface area contributed by atoms with Crippen molar-refractivity contribution in [2.75, 3.05) is 10.6 Å². The quantitative estimate of drug-likeness (QED) is 0.161. The summed E-state index contributed by atoms with van der Waals surface area (Å²) in [4.78, 5) is 20.3. The highest BCUT2D eigenvalue weighted by atomic mass is 19.1. The van der Waals surface area contributed by atoms with Gasteiger partial charge in [-0.3, -0.25) is 4.79 Å². The Morgan fingerprint density at radius 2 is 2.23 bits per heavy atom. The van der Waals surface area contributed by atoms with Crippen LogP contribution in [0.1, 0.15) is 29.6 Å². The Balaban J connectivity index is 1.81. The van der Waals surface area contributed by atoms with Crippen molar-refractivity contribution in [3.05, 3.63) is 36.0 Å². The molecule has 158 valence electrons. The summed E-state index contributed by atoms with van der Waals surface area (Å²) in [5, 5.41) is 17.1. The Morgan fingerprint density at radius 1 is 1.40 bits per heavy atom. The van der Waals surface area contributed by atoms with E-state index in [1.165, 1.54) is 12.4 Å². The summed E-state index contributed by atoms with van der Waals surface area (Å²) < 4.78 is 13.9. The Hall–Kier alpha value is -3.44. The molecule has 1 aliphatic carbocycles. The molecule has 1 aromatic heterocycles.